The van der Waals surface area contributed by atoms with E-state index in [0.29, 0.717) is 12.2 Å². The Hall–Kier alpha value is -0.590. The zero-order chi connectivity index (χ0) is 13.2. The molecule has 0 aliphatic rings. The highest BCUT2D eigenvalue weighted by atomic mass is 79.9. The van der Waals surface area contributed by atoms with E-state index in [1.165, 1.54) is 0 Å². The molecule has 0 bridgehead atoms. The maximum absolute atomic E-state index is 12.0. The van der Waals surface area contributed by atoms with Crippen molar-refractivity contribution in [2.75, 3.05) is 38.3 Å². The van der Waals surface area contributed by atoms with E-state index in [2.05, 4.69) is 31.9 Å². The summed E-state index contributed by atoms with van der Waals surface area (Å²) in [6.45, 7) is 0.361. The Morgan fingerprint density at radius 1 is 1.24 bits per heavy atom. The molecule has 0 aromatic heterocycles. The van der Waals surface area contributed by atoms with Gasteiger partial charge in [0.1, 0.15) is 0 Å². The van der Waals surface area contributed by atoms with Gasteiger partial charge in [0.2, 0.25) is 5.91 Å². The number of nitrogens with zero attached hydrogens (tertiary/aromatic N) is 2. The fourth-order valence-electron chi connectivity index (χ4n) is 1.41. The number of benzene rings is 1. The van der Waals surface area contributed by atoms with E-state index in [-0.39, 0.29) is 5.91 Å². The molecule has 0 unspecified atom stereocenters. The van der Waals surface area contributed by atoms with Crippen LogP contribution in [-0.4, -0.2) is 38.5 Å². The lowest BCUT2D eigenvalue weighted by atomic mass is 10.2. The van der Waals surface area contributed by atoms with Crippen molar-refractivity contribution in [3.8, 4) is 0 Å². The highest BCUT2D eigenvalue weighted by Crippen LogP contribution is 2.35. The number of rotatable bonds is 3. The molecule has 1 aromatic rings. The standard InChI is InChI=1S/C11H15Br2N3O/c1-15(2)6-10(17)16(3)11-8(12)4-7(14)5-9(11)13/h4-5H,6,14H2,1-3H3. The van der Waals surface area contributed by atoms with Crippen molar-refractivity contribution in [1.82, 2.24) is 4.90 Å². The predicted octanol–water partition coefficient (Wildman–Crippen LogP) is 2.32. The topological polar surface area (TPSA) is 49.6 Å². The van der Waals surface area contributed by atoms with Gasteiger partial charge in [-0.2, -0.15) is 0 Å². The van der Waals surface area contributed by atoms with E-state index in [4.69, 9.17) is 5.73 Å². The van der Waals surface area contributed by atoms with E-state index >= 15 is 0 Å². The second kappa shape index (κ2) is 5.84. The van der Waals surface area contributed by atoms with Gasteiger partial charge in [0.25, 0.3) is 0 Å². The van der Waals surface area contributed by atoms with Crippen LogP contribution in [0.25, 0.3) is 0 Å². The molecule has 2 N–H and O–H groups in total. The Kier molecular flexibility index (Phi) is 4.97. The summed E-state index contributed by atoms with van der Waals surface area (Å²) in [4.78, 5) is 15.4. The average Bonchev–Trinajstić information content (AvgIpc) is 2.14. The summed E-state index contributed by atoms with van der Waals surface area (Å²) in [5, 5.41) is 0. The molecule has 1 aromatic carbocycles. The second-order valence-electron chi connectivity index (χ2n) is 4.02. The van der Waals surface area contributed by atoms with Crippen molar-refractivity contribution < 1.29 is 4.79 Å². The largest absolute Gasteiger partial charge is 0.399 e. The third-order valence-electron chi connectivity index (χ3n) is 2.20. The Balaban J connectivity index is 3.04. The maximum atomic E-state index is 12.0. The summed E-state index contributed by atoms with van der Waals surface area (Å²) in [6, 6.07) is 3.55. The summed E-state index contributed by atoms with van der Waals surface area (Å²) < 4.78 is 1.58. The average molecular weight is 365 g/mol. The van der Waals surface area contributed by atoms with Crippen LogP contribution in [-0.2, 0) is 4.79 Å². The monoisotopic (exact) mass is 363 g/mol. The first-order valence-corrected chi connectivity index (χ1v) is 6.57. The van der Waals surface area contributed by atoms with E-state index in [9.17, 15) is 4.79 Å². The van der Waals surface area contributed by atoms with Crippen LogP contribution in [0.5, 0.6) is 0 Å². The highest BCUT2D eigenvalue weighted by Gasteiger charge is 2.17. The Morgan fingerprint density at radius 2 is 1.71 bits per heavy atom. The number of amides is 1. The van der Waals surface area contributed by atoms with Gasteiger partial charge in [-0.3, -0.25) is 4.79 Å². The maximum Gasteiger partial charge on any atom is 0.240 e. The molecule has 94 valence electrons. The zero-order valence-corrected chi connectivity index (χ0v) is 13.2. The minimum Gasteiger partial charge on any atom is -0.399 e. The molecule has 0 saturated carbocycles. The van der Waals surface area contributed by atoms with Crippen molar-refractivity contribution >= 4 is 49.1 Å². The molecular weight excluding hydrogens is 350 g/mol. The predicted molar refractivity (Wildman–Crippen MR) is 78.2 cm³/mol. The summed E-state index contributed by atoms with van der Waals surface area (Å²) in [5.41, 5.74) is 7.14. The van der Waals surface area contributed by atoms with Crippen molar-refractivity contribution in [2.24, 2.45) is 0 Å². The van der Waals surface area contributed by atoms with E-state index in [1.807, 2.05) is 19.0 Å². The third-order valence-corrected chi connectivity index (χ3v) is 3.41. The quantitative estimate of drug-likeness (QED) is 0.837. The van der Waals surface area contributed by atoms with Crippen LogP contribution in [0.3, 0.4) is 0 Å². The van der Waals surface area contributed by atoms with Crippen LogP contribution < -0.4 is 10.6 Å². The minimum atomic E-state index is 0.0150. The lowest BCUT2D eigenvalue weighted by Crippen LogP contribution is -2.35. The van der Waals surface area contributed by atoms with Gasteiger partial charge in [-0.05, 0) is 58.1 Å². The van der Waals surface area contributed by atoms with Gasteiger partial charge in [-0.15, -0.1) is 0 Å². The lowest BCUT2D eigenvalue weighted by molar-refractivity contribution is -0.118. The minimum absolute atomic E-state index is 0.0150. The highest BCUT2D eigenvalue weighted by molar-refractivity contribution is 9.11. The lowest BCUT2D eigenvalue weighted by Gasteiger charge is -2.22. The molecule has 0 heterocycles. The number of halogens is 2. The summed E-state index contributed by atoms with van der Waals surface area (Å²) in [5.74, 6) is 0.0150. The van der Waals surface area contributed by atoms with Crippen molar-refractivity contribution in [1.29, 1.82) is 0 Å². The SMILES string of the molecule is CN(C)CC(=O)N(C)c1c(Br)cc(N)cc1Br. The number of nitrogens with two attached hydrogens (primary N) is 1. The molecule has 1 amide bonds. The zero-order valence-electron chi connectivity index (χ0n) is 10.00. The molecule has 0 atom stereocenters. The Labute approximate surface area is 118 Å². The molecule has 17 heavy (non-hydrogen) atoms. The number of hydrogen-bond acceptors (Lipinski definition) is 3. The first-order valence-electron chi connectivity index (χ1n) is 4.98. The molecule has 0 aliphatic heterocycles. The summed E-state index contributed by atoms with van der Waals surface area (Å²) in [7, 11) is 5.46. The van der Waals surface area contributed by atoms with Crippen LogP contribution in [0, 0.1) is 0 Å². The molecule has 0 radical (unpaired) electrons. The number of hydrogen-bond donors (Lipinski definition) is 1. The first-order chi connectivity index (χ1) is 7.82. The smallest absolute Gasteiger partial charge is 0.240 e. The summed E-state index contributed by atoms with van der Waals surface area (Å²) >= 11 is 6.83. The van der Waals surface area contributed by atoms with Crippen LogP contribution in [0.2, 0.25) is 0 Å². The summed E-state index contributed by atoms with van der Waals surface area (Å²) in [6.07, 6.45) is 0. The molecular formula is C11H15Br2N3O. The van der Waals surface area contributed by atoms with Crippen LogP contribution in [0.15, 0.2) is 21.1 Å². The van der Waals surface area contributed by atoms with Crippen molar-refractivity contribution in [3.05, 3.63) is 21.1 Å². The fourth-order valence-corrected chi connectivity index (χ4v) is 3.16. The van der Waals surface area contributed by atoms with Gasteiger partial charge in [0.15, 0.2) is 0 Å². The van der Waals surface area contributed by atoms with Gasteiger partial charge in [-0.25, -0.2) is 0 Å². The van der Waals surface area contributed by atoms with Gasteiger partial charge in [0, 0.05) is 21.7 Å². The van der Waals surface area contributed by atoms with Crippen LogP contribution >= 0.6 is 31.9 Å². The molecule has 0 saturated heterocycles. The molecule has 1 rings (SSSR count). The van der Waals surface area contributed by atoms with Gasteiger partial charge in [0.05, 0.1) is 12.2 Å². The third kappa shape index (κ3) is 3.69. The fraction of sp³-hybridized carbons (Fsp3) is 0.364. The molecule has 4 nitrogen and oxygen atoms in total. The normalized spacial score (nSPS) is 10.7. The van der Waals surface area contributed by atoms with E-state index < -0.39 is 0 Å². The number of carbonyl (C=O) groups is 1. The van der Waals surface area contributed by atoms with E-state index in [1.54, 1.807) is 24.1 Å². The van der Waals surface area contributed by atoms with Gasteiger partial charge < -0.3 is 15.5 Å². The number of carbonyl (C=O) groups excluding carboxylic acids is 1. The molecule has 0 spiro atoms. The number of likely N-dealkylation sites (N-methyl/N-ethyl adjacent to an activating group) is 2. The molecule has 0 aliphatic carbocycles. The first kappa shape index (κ1) is 14.5. The Bertz CT molecular complexity index is 412. The Morgan fingerprint density at radius 3 is 2.12 bits per heavy atom. The van der Waals surface area contributed by atoms with Gasteiger partial charge in [-0.1, -0.05) is 0 Å². The number of nitrogen functional groups attached to an aromatic ring is 1. The van der Waals surface area contributed by atoms with Crippen molar-refractivity contribution in [2.45, 2.75) is 0 Å². The van der Waals surface area contributed by atoms with Crippen LogP contribution in [0.4, 0.5) is 11.4 Å². The number of anilines is 2. The second-order valence-corrected chi connectivity index (χ2v) is 5.73. The van der Waals surface area contributed by atoms with Crippen molar-refractivity contribution in [3.63, 3.8) is 0 Å². The van der Waals surface area contributed by atoms with Gasteiger partial charge >= 0.3 is 0 Å². The molecule has 0 fully saturated rings. The van der Waals surface area contributed by atoms with E-state index in [0.717, 1.165) is 14.6 Å². The van der Waals surface area contributed by atoms with Crippen LogP contribution in [0.1, 0.15) is 0 Å². The molecule has 6 heteroatoms.